The second kappa shape index (κ2) is 7.51. The topological polar surface area (TPSA) is 116 Å². The highest BCUT2D eigenvalue weighted by atomic mass is 19.4. The lowest BCUT2D eigenvalue weighted by Gasteiger charge is -2.30. The van der Waals surface area contributed by atoms with Crippen molar-refractivity contribution in [2.45, 2.75) is 44.4 Å². The molecule has 0 bridgehead atoms. The molecule has 1 N–H and O–H groups in total. The van der Waals surface area contributed by atoms with Crippen LogP contribution in [0.5, 0.6) is 0 Å². The number of carbonyl (C=O) groups excluding carboxylic acids is 1. The molecule has 3 aromatic heterocycles. The van der Waals surface area contributed by atoms with Crippen molar-refractivity contribution in [3.63, 3.8) is 0 Å². The summed E-state index contributed by atoms with van der Waals surface area (Å²) in [6.45, 7) is 2.37. The van der Waals surface area contributed by atoms with Crippen LogP contribution in [0.1, 0.15) is 45.7 Å². The number of hydrogen-bond donors (Lipinski definition) is 1. The molecule has 0 atom stereocenters. The monoisotopic (exact) mass is 469 g/mol. The summed E-state index contributed by atoms with van der Waals surface area (Å²) in [7, 11) is 0. The Balaban J connectivity index is 1.47. The molecule has 4 heterocycles. The number of pyridine rings is 1. The molecule has 9 nitrogen and oxygen atoms in total. The van der Waals surface area contributed by atoms with Crippen LogP contribution in [0.2, 0.25) is 0 Å². The number of nitrogens with zero attached hydrogens (tertiary/aromatic N) is 6. The van der Waals surface area contributed by atoms with Crippen LogP contribution in [0.3, 0.4) is 0 Å². The van der Waals surface area contributed by atoms with Crippen molar-refractivity contribution >= 4 is 17.4 Å². The van der Waals surface area contributed by atoms with E-state index >= 15 is 0 Å². The third-order valence-electron chi connectivity index (χ3n) is 6.03. The average Bonchev–Trinajstić information content (AvgIpc) is 3.57. The van der Waals surface area contributed by atoms with Crippen LogP contribution in [-0.2, 0) is 19.1 Å². The van der Waals surface area contributed by atoms with Crippen molar-refractivity contribution in [1.29, 1.82) is 5.26 Å². The molecule has 3 aromatic rings. The fraction of sp³-hybridized carbons (Fsp3) is 0.364. The van der Waals surface area contributed by atoms with E-state index in [1.165, 1.54) is 0 Å². The first kappa shape index (κ1) is 21.8. The van der Waals surface area contributed by atoms with Crippen molar-refractivity contribution in [2.75, 3.05) is 11.4 Å². The van der Waals surface area contributed by atoms with E-state index in [1.807, 2.05) is 6.07 Å². The molecule has 0 unspecified atom stereocenters. The van der Waals surface area contributed by atoms with Gasteiger partial charge in [0.1, 0.15) is 11.2 Å². The normalized spacial score (nSPS) is 16.6. The molecule has 1 saturated carbocycles. The van der Waals surface area contributed by atoms with Crippen molar-refractivity contribution in [1.82, 2.24) is 24.9 Å². The fourth-order valence-electron chi connectivity index (χ4n) is 3.98. The van der Waals surface area contributed by atoms with E-state index < -0.39 is 28.7 Å². The molecular weight excluding hydrogens is 451 g/mol. The molecule has 12 heteroatoms. The highest BCUT2D eigenvalue weighted by molar-refractivity contribution is 5.93. The number of rotatable bonds is 3. The summed E-state index contributed by atoms with van der Waals surface area (Å²) in [5.41, 5.74) is -0.563. The maximum atomic E-state index is 13.1. The highest BCUT2D eigenvalue weighted by Gasteiger charge is 2.45. The molecule has 0 spiro atoms. The van der Waals surface area contributed by atoms with E-state index in [9.17, 15) is 22.8 Å². The van der Waals surface area contributed by atoms with Gasteiger partial charge in [-0.25, -0.2) is 4.98 Å². The number of anilines is 1. The average molecular weight is 469 g/mol. The van der Waals surface area contributed by atoms with E-state index in [-0.39, 0.29) is 17.9 Å². The summed E-state index contributed by atoms with van der Waals surface area (Å²) in [6.07, 6.45) is -2.12. The minimum atomic E-state index is -4.49. The number of hydrogen-bond acceptors (Lipinski definition) is 7. The number of carbonyl (C=O) groups is 1. The number of alkyl halides is 3. The summed E-state index contributed by atoms with van der Waals surface area (Å²) >= 11 is 0. The standard InChI is InChI=1S/C22H18F3N7O2/c1-12-6-17-28-16(20(34)29-21(11-26)3-4-21)8-18(33)32(17)30-19(12)31-5-2-15-13(10-31)7-14(9-27-15)22(23,24)25/h6-9H,2-5,10H2,1H3,(H,29,34). The zero-order valence-corrected chi connectivity index (χ0v) is 18.0. The Morgan fingerprint density at radius 3 is 2.71 bits per heavy atom. The first-order valence-corrected chi connectivity index (χ1v) is 10.5. The van der Waals surface area contributed by atoms with E-state index in [2.05, 4.69) is 20.4 Å². The lowest BCUT2D eigenvalue weighted by atomic mass is 10.0. The predicted octanol–water partition coefficient (Wildman–Crippen LogP) is 2.16. The molecule has 1 aliphatic carbocycles. The van der Waals surface area contributed by atoms with Crippen molar-refractivity contribution in [3.8, 4) is 6.07 Å². The van der Waals surface area contributed by atoms with Crippen LogP contribution in [0, 0.1) is 18.3 Å². The first-order chi connectivity index (χ1) is 16.1. The zero-order valence-electron chi connectivity index (χ0n) is 18.0. The van der Waals surface area contributed by atoms with Crippen LogP contribution in [-0.4, -0.2) is 37.6 Å². The third-order valence-corrected chi connectivity index (χ3v) is 6.03. The molecule has 0 saturated heterocycles. The van der Waals surface area contributed by atoms with Gasteiger partial charge in [0.2, 0.25) is 0 Å². The summed E-state index contributed by atoms with van der Waals surface area (Å²) in [5.74, 6) is -0.181. The molecule has 34 heavy (non-hydrogen) atoms. The summed E-state index contributed by atoms with van der Waals surface area (Å²) < 4.78 is 40.4. The van der Waals surface area contributed by atoms with Gasteiger partial charge in [0, 0.05) is 37.5 Å². The molecule has 1 aliphatic heterocycles. The zero-order chi connectivity index (χ0) is 24.3. The maximum Gasteiger partial charge on any atom is 0.417 e. The molecule has 1 amide bonds. The van der Waals surface area contributed by atoms with E-state index in [0.29, 0.717) is 48.4 Å². The Kier molecular flexibility index (Phi) is 4.82. The van der Waals surface area contributed by atoms with Crippen LogP contribution < -0.4 is 15.8 Å². The molecule has 174 valence electrons. The lowest BCUT2D eigenvalue weighted by molar-refractivity contribution is -0.137. The van der Waals surface area contributed by atoms with Gasteiger partial charge in [0.15, 0.2) is 11.5 Å². The molecular formula is C22H18F3N7O2. The minimum Gasteiger partial charge on any atom is -0.350 e. The molecule has 2 aliphatic rings. The Hall–Kier alpha value is -4.01. The Labute approximate surface area is 190 Å². The quantitative estimate of drug-likeness (QED) is 0.625. The number of nitrogens with one attached hydrogen (secondary N) is 1. The van der Waals surface area contributed by atoms with Crippen LogP contribution in [0.4, 0.5) is 19.0 Å². The summed E-state index contributed by atoms with van der Waals surface area (Å²) in [4.78, 5) is 35.2. The van der Waals surface area contributed by atoms with Crippen molar-refractivity contribution in [2.24, 2.45) is 0 Å². The van der Waals surface area contributed by atoms with Gasteiger partial charge in [-0.05, 0) is 43.0 Å². The van der Waals surface area contributed by atoms with E-state index in [0.717, 1.165) is 22.8 Å². The van der Waals surface area contributed by atoms with Gasteiger partial charge in [0.05, 0.1) is 11.6 Å². The Bertz CT molecular complexity index is 1440. The number of aryl methyl sites for hydroxylation is 1. The van der Waals surface area contributed by atoms with E-state index in [4.69, 9.17) is 5.26 Å². The minimum absolute atomic E-state index is 0.113. The maximum absolute atomic E-state index is 13.1. The van der Waals surface area contributed by atoms with E-state index in [1.54, 1.807) is 17.9 Å². The number of nitriles is 1. The molecule has 0 radical (unpaired) electrons. The highest BCUT2D eigenvalue weighted by Crippen LogP contribution is 2.34. The van der Waals surface area contributed by atoms with Gasteiger partial charge in [-0.2, -0.15) is 22.9 Å². The van der Waals surface area contributed by atoms with Crippen LogP contribution in [0.15, 0.2) is 29.2 Å². The number of aromatic nitrogens is 4. The SMILES string of the molecule is Cc1cc2nc(C(=O)NC3(C#N)CC3)cc(=O)n2nc1N1CCc2ncc(C(F)(F)F)cc2C1. The third kappa shape index (κ3) is 3.83. The van der Waals surface area contributed by atoms with Gasteiger partial charge in [0.25, 0.3) is 11.5 Å². The number of halogens is 3. The largest absolute Gasteiger partial charge is 0.417 e. The molecule has 5 rings (SSSR count). The number of amides is 1. The van der Waals surface area contributed by atoms with Gasteiger partial charge < -0.3 is 10.2 Å². The second-order valence-corrected chi connectivity index (χ2v) is 8.55. The van der Waals surface area contributed by atoms with Crippen molar-refractivity contribution < 1.29 is 18.0 Å². The summed E-state index contributed by atoms with van der Waals surface area (Å²) in [6, 6.07) is 5.79. The smallest absolute Gasteiger partial charge is 0.350 e. The predicted molar refractivity (Wildman–Crippen MR) is 113 cm³/mol. The van der Waals surface area contributed by atoms with Gasteiger partial charge in [-0.3, -0.25) is 14.6 Å². The second-order valence-electron chi connectivity index (χ2n) is 8.55. The number of fused-ring (bicyclic) bond motifs is 2. The Morgan fingerprint density at radius 2 is 2.03 bits per heavy atom. The molecule has 1 fully saturated rings. The Morgan fingerprint density at radius 1 is 1.26 bits per heavy atom. The fourth-order valence-corrected chi connectivity index (χ4v) is 3.98. The summed E-state index contributed by atoms with van der Waals surface area (Å²) in [5, 5.41) is 16.1. The lowest BCUT2D eigenvalue weighted by Crippen LogP contribution is -2.37. The van der Waals surface area contributed by atoms with Gasteiger partial charge in [-0.1, -0.05) is 0 Å². The molecule has 0 aromatic carbocycles. The first-order valence-electron chi connectivity index (χ1n) is 10.5. The van der Waals surface area contributed by atoms with Gasteiger partial charge >= 0.3 is 6.18 Å². The van der Waals surface area contributed by atoms with Gasteiger partial charge in [-0.15, -0.1) is 5.10 Å². The van der Waals surface area contributed by atoms with Crippen LogP contribution >= 0.6 is 0 Å². The van der Waals surface area contributed by atoms with Crippen LogP contribution in [0.25, 0.3) is 5.65 Å². The van der Waals surface area contributed by atoms with Crippen molar-refractivity contribution in [3.05, 3.63) is 62.8 Å².